The van der Waals surface area contributed by atoms with E-state index < -0.39 is 20.0 Å². The fourth-order valence-corrected chi connectivity index (χ4v) is 10.3. The van der Waals surface area contributed by atoms with E-state index in [1.165, 1.54) is 205 Å². The van der Waals surface area contributed by atoms with Crippen molar-refractivity contribution in [2.24, 2.45) is 0 Å². The number of amides is 1. The number of phosphoric ester groups is 1. The molecular weight excluding hydrogens is 976 g/mol. The first-order valence-corrected chi connectivity index (χ1v) is 34.5. The molecule has 0 saturated heterocycles. The molecule has 0 rings (SSSR count). The Hall–Kier alpha value is -2.03. The molecule has 0 fully saturated rings. The Bertz CT molecular complexity index is 1460. The summed E-state index contributed by atoms with van der Waals surface area (Å²) in [5.74, 6) is -0.513. The van der Waals surface area contributed by atoms with Gasteiger partial charge < -0.3 is 19.4 Å². The number of carbonyl (C=O) groups excluding carboxylic acids is 2. The summed E-state index contributed by atoms with van der Waals surface area (Å²) in [6.45, 7) is 7.00. The van der Waals surface area contributed by atoms with Gasteiger partial charge >= 0.3 is 13.8 Å². The number of nitrogens with one attached hydrogen (secondary N) is 1. The molecule has 0 aromatic heterocycles. The summed E-state index contributed by atoms with van der Waals surface area (Å²) in [7, 11) is 1.50. The molecule has 3 unspecified atom stereocenters. The highest BCUT2D eigenvalue weighted by Gasteiger charge is 2.30. The highest BCUT2D eigenvalue weighted by molar-refractivity contribution is 7.47. The lowest BCUT2D eigenvalue weighted by Gasteiger charge is -2.27. The Balaban J connectivity index is 5.09. The van der Waals surface area contributed by atoms with Crippen LogP contribution in [-0.4, -0.2) is 74.3 Å². The zero-order valence-corrected chi connectivity index (χ0v) is 52.6. The van der Waals surface area contributed by atoms with E-state index in [0.29, 0.717) is 23.9 Å². The number of carbonyl (C=O) groups is 2. The van der Waals surface area contributed by atoms with Gasteiger partial charge in [0.1, 0.15) is 19.3 Å². The maximum atomic E-state index is 13.5. The van der Waals surface area contributed by atoms with E-state index in [9.17, 15) is 19.0 Å². The Morgan fingerprint density at radius 2 is 0.792 bits per heavy atom. The van der Waals surface area contributed by atoms with E-state index in [-0.39, 0.29) is 25.1 Å². The SMILES string of the molecule is CCCCC/C=C\C/C=C\CCCCCCCCCCCCCCCCCC(=O)OC(/C=C\CCCCCCCCCCCCC)C(COP(=O)(O)OCC[N+](C)(C)C)NC(=O)CCCCC/C=C\CCCCCCCC. The van der Waals surface area contributed by atoms with E-state index in [1.807, 2.05) is 33.3 Å². The van der Waals surface area contributed by atoms with Crippen LogP contribution in [0.5, 0.6) is 0 Å². The van der Waals surface area contributed by atoms with Crippen LogP contribution < -0.4 is 5.32 Å². The van der Waals surface area contributed by atoms with Crippen LogP contribution in [0.4, 0.5) is 0 Å². The molecule has 10 heteroatoms. The molecule has 0 saturated carbocycles. The molecule has 9 nitrogen and oxygen atoms in total. The van der Waals surface area contributed by atoms with E-state index in [1.54, 1.807) is 0 Å². The van der Waals surface area contributed by atoms with Gasteiger partial charge in [0.2, 0.25) is 5.91 Å². The zero-order valence-electron chi connectivity index (χ0n) is 51.7. The predicted molar refractivity (Wildman–Crippen MR) is 332 cm³/mol. The van der Waals surface area contributed by atoms with Gasteiger partial charge in [-0.25, -0.2) is 4.57 Å². The van der Waals surface area contributed by atoms with Gasteiger partial charge in [-0.05, 0) is 89.5 Å². The van der Waals surface area contributed by atoms with E-state index >= 15 is 0 Å². The van der Waals surface area contributed by atoms with Gasteiger partial charge in [-0.3, -0.25) is 18.6 Å². The van der Waals surface area contributed by atoms with Crippen molar-refractivity contribution >= 4 is 19.7 Å². The smallest absolute Gasteiger partial charge is 0.456 e. The Morgan fingerprint density at radius 1 is 0.455 bits per heavy atom. The molecule has 77 heavy (non-hydrogen) atoms. The molecule has 452 valence electrons. The summed E-state index contributed by atoms with van der Waals surface area (Å²) < 4.78 is 30.7. The largest absolute Gasteiger partial charge is 0.472 e. The summed E-state index contributed by atoms with van der Waals surface area (Å²) in [5.41, 5.74) is 0. The van der Waals surface area contributed by atoms with E-state index in [4.69, 9.17) is 13.8 Å². The van der Waals surface area contributed by atoms with Crippen LogP contribution in [0, 0.1) is 0 Å². The minimum absolute atomic E-state index is 0.0387. The highest BCUT2D eigenvalue weighted by atomic mass is 31.2. The normalized spacial score (nSPS) is 13.9. The maximum absolute atomic E-state index is 13.5. The quantitative estimate of drug-likeness (QED) is 0.0205. The second-order valence-electron chi connectivity index (χ2n) is 23.6. The molecule has 2 N–H and O–H groups in total. The summed E-state index contributed by atoms with van der Waals surface area (Å²) in [6.07, 6.45) is 71.2. The summed E-state index contributed by atoms with van der Waals surface area (Å²) in [4.78, 5) is 37.7. The fourth-order valence-electron chi connectivity index (χ4n) is 9.61. The molecule has 0 radical (unpaired) electrons. The minimum atomic E-state index is -4.45. The van der Waals surface area contributed by atoms with Crippen LogP contribution in [0.3, 0.4) is 0 Å². The first-order chi connectivity index (χ1) is 37.4. The summed E-state index contributed by atoms with van der Waals surface area (Å²) >= 11 is 0. The first kappa shape index (κ1) is 75.0. The molecule has 0 aromatic carbocycles. The first-order valence-electron chi connectivity index (χ1n) is 33.0. The van der Waals surface area contributed by atoms with Crippen LogP contribution in [0.15, 0.2) is 48.6 Å². The van der Waals surface area contributed by atoms with Crippen molar-refractivity contribution in [3.05, 3.63) is 48.6 Å². The number of allylic oxidation sites excluding steroid dienone is 7. The van der Waals surface area contributed by atoms with Crippen LogP contribution in [0.1, 0.15) is 316 Å². The number of esters is 1. The van der Waals surface area contributed by atoms with E-state index in [2.05, 4.69) is 62.5 Å². The van der Waals surface area contributed by atoms with Gasteiger partial charge in [0.15, 0.2) is 0 Å². The second kappa shape index (κ2) is 57.2. The third-order valence-electron chi connectivity index (χ3n) is 14.7. The van der Waals surface area contributed by atoms with Gasteiger partial charge in [-0.1, -0.05) is 262 Å². The molecule has 0 aromatic rings. The highest BCUT2D eigenvalue weighted by Crippen LogP contribution is 2.43. The number of likely N-dealkylation sites (N-methyl/N-ethyl adjacent to an activating group) is 1. The lowest BCUT2D eigenvalue weighted by atomic mass is 10.0. The van der Waals surface area contributed by atoms with Gasteiger partial charge in [0, 0.05) is 12.8 Å². The summed E-state index contributed by atoms with van der Waals surface area (Å²) in [5, 5.41) is 3.05. The number of hydrogen-bond donors (Lipinski definition) is 2. The van der Waals surface area contributed by atoms with Crippen molar-refractivity contribution in [2.45, 2.75) is 328 Å². The molecule has 1 amide bonds. The Labute approximate surface area is 478 Å². The standard InChI is InChI=1S/C67H127N2O7P/c1-7-10-13-16-19-22-25-28-29-30-31-32-33-34-35-36-37-38-39-42-45-48-51-54-57-60-67(71)76-65(58-55-52-49-46-43-40-26-23-20-17-14-11-8-2)64(63-75-77(72,73)74-62-61-69(4,5)6)68-66(70)59-56-53-50-47-44-41-27-24-21-18-15-12-9-3/h19,22,28-29,41,44,55,58,64-65H,7-18,20-21,23-27,30-40,42-43,45-54,56-57,59-63H2,1-6H3,(H-,68,70,72,73)/p+1/b22-19-,29-28-,44-41-,58-55-. The van der Waals surface area contributed by atoms with E-state index in [0.717, 1.165) is 77.0 Å². The number of quaternary nitrogens is 1. The van der Waals surface area contributed by atoms with Crippen LogP contribution in [-0.2, 0) is 27.9 Å². The minimum Gasteiger partial charge on any atom is -0.456 e. The van der Waals surface area contributed by atoms with Crippen molar-refractivity contribution in [3.63, 3.8) is 0 Å². The topological polar surface area (TPSA) is 111 Å². The molecular formula is C67H128N2O7P+. The molecule has 0 heterocycles. The number of phosphoric acid groups is 1. The molecule has 0 spiro atoms. The number of nitrogens with zero attached hydrogens (tertiary/aromatic N) is 1. The lowest BCUT2D eigenvalue weighted by molar-refractivity contribution is -0.870. The monoisotopic (exact) mass is 1100 g/mol. The predicted octanol–water partition coefficient (Wildman–Crippen LogP) is 20.5. The average molecular weight is 1100 g/mol. The van der Waals surface area contributed by atoms with Crippen molar-refractivity contribution in [2.75, 3.05) is 40.9 Å². The Kier molecular flexibility index (Phi) is 55.7. The van der Waals surface area contributed by atoms with Gasteiger partial charge in [0.05, 0.1) is 33.8 Å². The number of ether oxygens (including phenoxy) is 1. The van der Waals surface area contributed by atoms with Crippen molar-refractivity contribution in [1.82, 2.24) is 5.32 Å². The third-order valence-corrected chi connectivity index (χ3v) is 15.7. The van der Waals surface area contributed by atoms with Crippen LogP contribution >= 0.6 is 7.82 Å². The summed E-state index contributed by atoms with van der Waals surface area (Å²) in [6, 6.07) is -0.854. The Morgan fingerprint density at radius 3 is 1.22 bits per heavy atom. The van der Waals surface area contributed by atoms with Gasteiger partial charge in [-0.15, -0.1) is 0 Å². The van der Waals surface area contributed by atoms with Crippen molar-refractivity contribution in [3.8, 4) is 0 Å². The van der Waals surface area contributed by atoms with Gasteiger partial charge in [-0.2, -0.15) is 0 Å². The van der Waals surface area contributed by atoms with Gasteiger partial charge in [0.25, 0.3) is 0 Å². The van der Waals surface area contributed by atoms with Crippen molar-refractivity contribution < 1.29 is 37.3 Å². The second-order valence-corrected chi connectivity index (χ2v) is 25.1. The molecule has 0 aliphatic rings. The third kappa shape index (κ3) is 58.4. The molecule has 0 aliphatic heterocycles. The average Bonchev–Trinajstić information content (AvgIpc) is 3.39. The number of rotatable bonds is 60. The molecule has 0 aliphatic carbocycles. The van der Waals surface area contributed by atoms with Crippen molar-refractivity contribution in [1.29, 1.82) is 0 Å². The van der Waals surface area contributed by atoms with Crippen LogP contribution in [0.25, 0.3) is 0 Å². The van der Waals surface area contributed by atoms with Crippen LogP contribution in [0.2, 0.25) is 0 Å². The fraction of sp³-hybridized carbons (Fsp3) is 0.851. The molecule has 3 atom stereocenters. The zero-order chi connectivity index (χ0) is 56.4. The lowest BCUT2D eigenvalue weighted by Crippen LogP contribution is -2.47. The maximum Gasteiger partial charge on any atom is 0.472 e. The molecule has 0 bridgehead atoms. The number of unbranched alkanes of at least 4 members (excludes halogenated alkanes) is 38. The number of hydrogen-bond acceptors (Lipinski definition) is 6.